The summed E-state index contributed by atoms with van der Waals surface area (Å²) in [5.41, 5.74) is 1.09. The molecule has 1 fully saturated rings. The number of rotatable bonds is 2. The number of halogens is 1. The second-order valence-electron chi connectivity index (χ2n) is 3.07. The molecule has 2 atom stereocenters. The van der Waals surface area contributed by atoms with E-state index in [1.54, 1.807) is 12.4 Å². The van der Waals surface area contributed by atoms with E-state index in [2.05, 4.69) is 4.98 Å². The molecule has 1 heterocycles. The van der Waals surface area contributed by atoms with Crippen molar-refractivity contribution >= 4 is 18.4 Å². The van der Waals surface area contributed by atoms with Gasteiger partial charge in [0.25, 0.3) is 0 Å². The molecule has 0 unspecified atom stereocenters. The minimum Gasteiger partial charge on any atom is -0.481 e. The number of hydrogen-bond donors (Lipinski definition) is 1. The van der Waals surface area contributed by atoms with Crippen molar-refractivity contribution < 1.29 is 9.90 Å². The maximum absolute atomic E-state index is 10.5. The third-order valence-corrected chi connectivity index (χ3v) is 2.24. The van der Waals surface area contributed by atoms with Gasteiger partial charge in [-0.2, -0.15) is 0 Å². The molecule has 1 aliphatic rings. The predicted octanol–water partition coefficient (Wildman–Crippen LogP) is 1.69. The summed E-state index contributed by atoms with van der Waals surface area (Å²) >= 11 is 0. The second kappa shape index (κ2) is 3.75. The fraction of sp³-hybridized carbons (Fsp3) is 0.333. The van der Waals surface area contributed by atoms with Gasteiger partial charge in [0.1, 0.15) is 0 Å². The van der Waals surface area contributed by atoms with Crippen molar-refractivity contribution in [1.82, 2.24) is 4.98 Å². The first-order valence-corrected chi connectivity index (χ1v) is 3.92. The standard InChI is InChI=1S/C9H9NO2.ClH/c11-9(12)8-5-7(8)6-1-3-10-4-2-6;/h1-4,7-8H,5H2,(H,11,12);1H/t7-,8+;/m0./s1. The van der Waals surface area contributed by atoms with Crippen LogP contribution < -0.4 is 0 Å². The first-order valence-electron chi connectivity index (χ1n) is 3.92. The molecule has 0 amide bonds. The first-order chi connectivity index (χ1) is 5.79. The van der Waals surface area contributed by atoms with Crippen molar-refractivity contribution in [1.29, 1.82) is 0 Å². The Kier molecular flexibility index (Phi) is 2.88. The maximum atomic E-state index is 10.5. The van der Waals surface area contributed by atoms with E-state index >= 15 is 0 Å². The summed E-state index contributed by atoms with van der Waals surface area (Å²) in [6, 6.07) is 3.77. The molecule has 13 heavy (non-hydrogen) atoms. The molecule has 0 spiro atoms. The Labute approximate surface area is 82.2 Å². The van der Waals surface area contributed by atoms with Gasteiger partial charge in [0.2, 0.25) is 0 Å². The van der Waals surface area contributed by atoms with E-state index in [1.165, 1.54) is 0 Å². The fourth-order valence-corrected chi connectivity index (χ4v) is 1.45. The van der Waals surface area contributed by atoms with Crippen LogP contribution in [-0.4, -0.2) is 16.1 Å². The number of aromatic nitrogens is 1. The van der Waals surface area contributed by atoms with E-state index in [0.717, 1.165) is 12.0 Å². The van der Waals surface area contributed by atoms with Crippen molar-refractivity contribution in [2.24, 2.45) is 5.92 Å². The number of aliphatic carboxylic acids is 1. The summed E-state index contributed by atoms with van der Waals surface area (Å²) in [5.74, 6) is -0.616. The van der Waals surface area contributed by atoms with Crippen LogP contribution in [0, 0.1) is 5.92 Å². The smallest absolute Gasteiger partial charge is 0.307 e. The van der Waals surface area contributed by atoms with Crippen LogP contribution in [0.1, 0.15) is 17.9 Å². The highest BCUT2D eigenvalue weighted by atomic mass is 35.5. The number of carboxylic acid groups (broad SMARTS) is 1. The van der Waals surface area contributed by atoms with Gasteiger partial charge < -0.3 is 5.11 Å². The average molecular weight is 200 g/mol. The molecule has 4 heteroatoms. The topological polar surface area (TPSA) is 50.2 Å². The summed E-state index contributed by atoms with van der Waals surface area (Å²) < 4.78 is 0. The summed E-state index contributed by atoms with van der Waals surface area (Å²) in [7, 11) is 0. The number of carboxylic acids is 1. The molecule has 0 bridgehead atoms. The minimum absolute atomic E-state index is 0. The van der Waals surface area contributed by atoms with Crippen molar-refractivity contribution in [2.75, 3.05) is 0 Å². The van der Waals surface area contributed by atoms with Gasteiger partial charge >= 0.3 is 5.97 Å². The van der Waals surface area contributed by atoms with Gasteiger partial charge in [0, 0.05) is 12.4 Å². The third-order valence-electron chi connectivity index (χ3n) is 2.24. The molecular weight excluding hydrogens is 190 g/mol. The summed E-state index contributed by atoms with van der Waals surface area (Å²) in [5, 5.41) is 8.67. The normalized spacial score (nSPS) is 24.6. The van der Waals surface area contributed by atoms with E-state index in [-0.39, 0.29) is 24.2 Å². The third kappa shape index (κ3) is 1.98. The molecule has 1 N–H and O–H groups in total. The summed E-state index contributed by atoms with van der Waals surface area (Å²) in [6.07, 6.45) is 4.18. The van der Waals surface area contributed by atoms with Crippen LogP contribution in [0.2, 0.25) is 0 Å². The molecule has 1 saturated carbocycles. The zero-order valence-electron chi connectivity index (χ0n) is 6.88. The Bertz CT molecular complexity index is 302. The van der Waals surface area contributed by atoms with Gasteiger partial charge in [-0.25, -0.2) is 0 Å². The Morgan fingerprint density at radius 1 is 1.46 bits per heavy atom. The molecule has 0 radical (unpaired) electrons. The lowest BCUT2D eigenvalue weighted by Gasteiger charge is -1.95. The highest BCUT2D eigenvalue weighted by Gasteiger charge is 2.43. The van der Waals surface area contributed by atoms with Gasteiger partial charge in [-0.15, -0.1) is 12.4 Å². The molecule has 1 aromatic heterocycles. The quantitative estimate of drug-likeness (QED) is 0.789. The largest absolute Gasteiger partial charge is 0.481 e. The maximum Gasteiger partial charge on any atom is 0.307 e. The van der Waals surface area contributed by atoms with E-state index in [4.69, 9.17) is 5.11 Å². The number of nitrogens with zero attached hydrogens (tertiary/aromatic N) is 1. The van der Waals surface area contributed by atoms with Gasteiger partial charge in [-0.05, 0) is 30.0 Å². The molecule has 3 nitrogen and oxygen atoms in total. The van der Waals surface area contributed by atoms with Crippen LogP contribution in [0.15, 0.2) is 24.5 Å². The first kappa shape index (κ1) is 9.99. The van der Waals surface area contributed by atoms with Crippen molar-refractivity contribution in [2.45, 2.75) is 12.3 Å². The van der Waals surface area contributed by atoms with Crippen LogP contribution in [-0.2, 0) is 4.79 Å². The highest BCUT2D eigenvalue weighted by Crippen LogP contribution is 2.47. The van der Waals surface area contributed by atoms with E-state index in [1.807, 2.05) is 12.1 Å². The monoisotopic (exact) mass is 199 g/mol. The fourth-order valence-electron chi connectivity index (χ4n) is 1.45. The van der Waals surface area contributed by atoms with Crippen molar-refractivity contribution in [3.8, 4) is 0 Å². The molecule has 0 aliphatic heterocycles. The number of pyridine rings is 1. The van der Waals surface area contributed by atoms with Crippen molar-refractivity contribution in [3.63, 3.8) is 0 Å². The van der Waals surface area contributed by atoms with E-state index in [9.17, 15) is 4.79 Å². The van der Waals surface area contributed by atoms with Crippen LogP contribution >= 0.6 is 12.4 Å². The van der Waals surface area contributed by atoms with Crippen LogP contribution in [0.5, 0.6) is 0 Å². The molecule has 1 aliphatic carbocycles. The average Bonchev–Trinajstić information content (AvgIpc) is 2.84. The molecule has 0 aromatic carbocycles. The number of carbonyl (C=O) groups is 1. The molecule has 1 aromatic rings. The lowest BCUT2D eigenvalue weighted by atomic mass is 10.1. The zero-order valence-corrected chi connectivity index (χ0v) is 7.70. The van der Waals surface area contributed by atoms with Gasteiger partial charge in [0.15, 0.2) is 0 Å². The van der Waals surface area contributed by atoms with E-state index in [0.29, 0.717) is 0 Å². The predicted molar refractivity (Wildman–Crippen MR) is 50.0 cm³/mol. The Morgan fingerprint density at radius 3 is 2.54 bits per heavy atom. The van der Waals surface area contributed by atoms with Crippen LogP contribution in [0.4, 0.5) is 0 Å². The lowest BCUT2D eigenvalue weighted by molar-refractivity contribution is -0.138. The number of hydrogen-bond acceptors (Lipinski definition) is 2. The second-order valence-corrected chi connectivity index (χ2v) is 3.07. The summed E-state index contributed by atoms with van der Waals surface area (Å²) in [4.78, 5) is 14.4. The van der Waals surface area contributed by atoms with Crippen LogP contribution in [0.25, 0.3) is 0 Å². The SMILES string of the molecule is Cl.O=C(O)[C@@H]1C[C@H]1c1ccncc1. The Hall–Kier alpha value is -1.09. The lowest BCUT2D eigenvalue weighted by Crippen LogP contribution is -1.98. The van der Waals surface area contributed by atoms with Crippen molar-refractivity contribution in [3.05, 3.63) is 30.1 Å². The zero-order chi connectivity index (χ0) is 8.55. The summed E-state index contributed by atoms with van der Waals surface area (Å²) in [6.45, 7) is 0. The Balaban J connectivity index is 0.000000845. The van der Waals surface area contributed by atoms with Gasteiger partial charge in [-0.3, -0.25) is 9.78 Å². The minimum atomic E-state index is -0.684. The molecule has 2 rings (SSSR count). The van der Waals surface area contributed by atoms with Gasteiger partial charge in [0.05, 0.1) is 5.92 Å². The molecule has 70 valence electrons. The molecule has 0 saturated heterocycles. The Morgan fingerprint density at radius 2 is 2.08 bits per heavy atom. The van der Waals surface area contributed by atoms with E-state index < -0.39 is 5.97 Å². The highest BCUT2D eigenvalue weighted by molar-refractivity contribution is 5.85. The van der Waals surface area contributed by atoms with Crippen LogP contribution in [0.3, 0.4) is 0 Å². The van der Waals surface area contributed by atoms with Gasteiger partial charge in [-0.1, -0.05) is 0 Å². The molecular formula is C9H10ClNO2.